The van der Waals surface area contributed by atoms with E-state index >= 15 is 4.79 Å². The highest BCUT2D eigenvalue weighted by Gasteiger charge is 2.64. The van der Waals surface area contributed by atoms with Crippen molar-refractivity contribution in [1.29, 1.82) is 0 Å². The van der Waals surface area contributed by atoms with E-state index in [1.807, 2.05) is 74.5 Å². The number of aliphatic hydroxyl groups excluding tert-OH is 4. The quantitative estimate of drug-likeness (QED) is 0.0275. The van der Waals surface area contributed by atoms with Gasteiger partial charge in [-0.3, -0.25) is 25.2 Å². The van der Waals surface area contributed by atoms with Crippen LogP contribution < -0.4 is 33.2 Å². The zero-order valence-corrected chi connectivity index (χ0v) is 49.7. The van der Waals surface area contributed by atoms with Gasteiger partial charge in [-0.2, -0.15) is 0 Å². The van der Waals surface area contributed by atoms with Crippen molar-refractivity contribution in [3.8, 4) is 17.6 Å². The number of benzene rings is 3. The normalized spacial score (nSPS) is 30.5. The molecule has 0 saturated heterocycles. The summed E-state index contributed by atoms with van der Waals surface area (Å²) >= 11 is 0. The second-order valence-corrected chi connectivity index (χ2v) is 24.6. The maximum absolute atomic E-state index is 15.2. The van der Waals surface area contributed by atoms with Crippen LogP contribution in [0, 0.1) is 35.0 Å². The van der Waals surface area contributed by atoms with E-state index in [-0.39, 0.29) is 82.5 Å². The Balaban J connectivity index is 1.19. The molecule has 1 spiro atoms. The number of amides is 1. The molecule has 12 unspecified atom stereocenters. The van der Waals surface area contributed by atoms with E-state index < -0.39 is 76.8 Å². The highest BCUT2D eigenvalue weighted by atomic mass is 16.5. The minimum atomic E-state index is -1.47. The van der Waals surface area contributed by atoms with Gasteiger partial charge in [0.1, 0.15) is 30.3 Å². The lowest BCUT2D eigenvalue weighted by atomic mass is 9.52. The van der Waals surface area contributed by atoms with E-state index in [9.17, 15) is 40.5 Å². The van der Waals surface area contributed by atoms with E-state index in [0.29, 0.717) is 79.3 Å². The minimum Gasteiger partial charge on any atom is -0.508 e. The van der Waals surface area contributed by atoms with Gasteiger partial charge in [0.25, 0.3) is 0 Å². The number of hydrogen-bond donors (Lipinski definition) is 13. The van der Waals surface area contributed by atoms with Crippen molar-refractivity contribution in [1.82, 2.24) is 16.0 Å². The standard InChI is InChI=1S/C68H91N7O10/c1-42-13-6-9-34-85-41-49(18-10-14-43(2)68(84,31-26-42)74-32-7-5-8-33-76)53-28-30-67(62(53)81)57-25-24-51(78)36-45-15-11-16-46(35-45)37-55(56(39-73-65(70)71)47-20-22-50(77)23-21-47)59(80)40-72-61-60-48(17-12-19-54(60)63(69)75-64(61)82)38-58(79)44(3)52(57)27-29-66(67,4)83/h10-12,14-23,26,35,51,53,55-57,59,61-63,72,74,76-78,80-81,83-84H,2,5,7-8,13,24-25,27-34,36-41,69H2,1,3-4H3,(H,75,82)(H4,70,71,73). The molecule has 3 aromatic rings. The van der Waals surface area contributed by atoms with E-state index in [4.69, 9.17) is 21.9 Å². The van der Waals surface area contributed by atoms with E-state index in [0.717, 1.165) is 46.3 Å². The number of allylic oxidation sites excluding steroid dienone is 5. The number of carbonyl (C=O) groups is 2. The molecule has 3 aromatic carbocycles. The van der Waals surface area contributed by atoms with Crippen LogP contribution in [0.4, 0.5) is 0 Å². The van der Waals surface area contributed by atoms with Crippen LogP contribution in [0.15, 0.2) is 130 Å². The summed E-state index contributed by atoms with van der Waals surface area (Å²) in [5, 5.41) is 92.2. The Morgan fingerprint density at radius 3 is 2.46 bits per heavy atom. The number of nitrogens with zero attached hydrogens (tertiary/aromatic N) is 1. The van der Waals surface area contributed by atoms with E-state index in [1.165, 1.54) is 0 Å². The van der Waals surface area contributed by atoms with Crippen molar-refractivity contribution < 1.29 is 50.1 Å². The molecule has 2 fully saturated rings. The molecule has 85 heavy (non-hydrogen) atoms. The van der Waals surface area contributed by atoms with Crippen LogP contribution in [0.5, 0.6) is 5.75 Å². The summed E-state index contributed by atoms with van der Waals surface area (Å²) in [5.74, 6) is 3.50. The third-order valence-corrected chi connectivity index (χ3v) is 19.0. The van der Waals surface area contributed by atoms with Gasteiger partial charge in [-0.25, -0.2) is 0 Å². The van der Waals surface area contributed by atoms with Gasteiger partial charge in [0.2, 0.25) is 5.91 Å². The zero-order chi connectivity index (χ0) is 61.1. The smallest absolute Gasteiger partial charge is 0.243 e. The van der Waals surface area contributed by atoms with Gasteiger partial charge in [0.15, 0.2) is 11.7 Å². The number of fused-ring (bicyclic) bond motifs is 4. The number of ether oxygens (including phenoxy) is 1. The molecule has 3 heterocycles. The molecule has 0 radical (unpaired) electrons. The number of phenols is 1. The van der Waals surface area contributed by atoms with E-state index in [1.54, 1.807) is 37.3 Å². The van der Waals surface area contributed by atoms with Gasteiger partial charge in [-0.05, 0) is 172 Å². The molecule has 0 aromatic heterocycles. The SMILES string of the molecule is C=C1C=CC=C(C2CCC3(C4CCC(O)Cc5cccc(c5)CC(C(CN=C(N)N)c5ccc(O)cc5)C(O)CNC5C(=O)NC(N)c6cccc(c65)CC(=O)C(C)=C4CCC3(C)O)C2O)COCC#CCC(C)=CCC1(O)NCCCCCO. The van der Waals surface area contributed by atoms with Crippen molar-refractivity contribution >= 4 is 17.6 Å². The predicted molar refractivity (Wildman–Crippen MR) is 330 cm³/mol. The number of aliphatic imine (C=N–C) groups is 1. The fraction of sp³-hybridized carbons (Fsp3) is 0.515. The highest BCUT2D eigenvalue weighted by Crippen LogP contribution is 2.63. The van der Waals surface area contributed by atoms with Crippen molar-refractivity contribution in [2.45, 2.75) is 158 Å². The summed E-state index contributed by atoms with van der Waals surface area (Å²) < 4.78 is 6.24. The van der Waals surface area contributed by atoms with Crippen LogP contribution in [0.3, 0.4) is 0 Å². The van der Waals surface area contributed by atoms with E-state index in [2.05, 4.69) is 39.4 Å². The van der Waals surface area contributed by atoms with Crippen LogP contribution in [0.2, 0.25) is 0 Å². The summed E-state index contributed by atoms with van der Waals surface area (Å²) in [5.41, 5.74) is 22.1. The molecular weight excluding hydrogens is 1070 g/mol. The number of Topliss-reactive ketones (excluding diaryl/α,β-unsaturated/α-hetero) is 1. The fourth-order valence-electron chi connectivity index (χ4n) is 14.1. The number of β-amino-alcohol motifs (C(OH)–C–C–N with tert-alkyl or cyclic N) is 1. The minimum absolute atomic E-state index is 0.0650. The van der Waals surface area contributed by atoms with Crippen LogP contribution in [0.1, 0.15) is 143 Å². The summed E-state index contributed by atoms with van der Waals surface area (Å²) in [6.07, 6.45) is 9.01. The first-order chi connectivity index (χ1) is 40.7. The third-order valence-electron chi connectivity index (χ3n) is 19.0. The molecule has 5 aliphatic rings. The number of carbonyl (C=O) groups excluding carboxylic acids is 2. The average molecular weight is 1170 g/mol. The molecule has 2 bridgehead atoms. The topological polar surface area (TPSA) is 311 Å². The lowest BCUT2D eigenvalue weighted by Crippen LogP contribution is -2.59. The number of hydrogen-bond acceptors (Lipinski definition) is 14. The first-order valence-electron chi connectivity index (χ1n) is 30.3. The Morgan fingerprint density at radius 2 is 1.71 bits per heavy atom. The number of aliphatic hydroxyl groups is 6. The summed E-state index contributed by atoms with van der Waals surface area (Å²) in [6, 6.07) is 19.0. The second-order valence-electron chi connectivity index (χ2n) is 24.6. The van der Waals surface area contributed by atoms with Crippen LogP contribution in [0.25, 0.3) is 0 Å². The number of nitrogens with two attached hydrogens (primary N) is 3. The Labute approximate surface area is 501 Å². The Kier molecular flexibility index (Phi) is 22.0. The molecular formula is C68H91N7O10. The molecule has 3 aliphatic heterocycles. The molecule has 17 heteroatoms. The van der Waals surface area contributed by atoms with Gasteiger partial charge < -0.3 is 63.0 Å². The largest absolute Gasteiger partial charge is 0.508 e. The number of phenolic OH excluding ortho intramolecular Hbond substituents is 1. The van der Waals surface area contributed by atoms with Crippen molar-refractivity contribution in [2.75, 3.05) is 39.5 Å². The van der Waals surface area contributed by atoms with Crippen molar-refractivity contribution in [3.05, 3.63) is 159 Å². The molecule has 1 amide bonds. The molecule has 8 rings (SSSR count). The van der Waals surface area contributed by atoms with Crippen molar-refractivity contribution in [2.24, 2.45) is 45.4 Å². The molecule has 458 valence electrons. The lowest BCUT2D eigenvalue weighted by Gasteiger charge is -2.56. The zero-order valence-electron chi connectivity index (χ0n) is 49.7. The summed E-state index contributed by atoms with van der Waals surface area (Å²) in [7, 11) is 0. The Morgan fingerprint density at radius 1 is 0.953 bits per heavy atom. The van der Waals surface area contributed by atoms with Gasteiger partial charge in [-0.1, -0.05) is 108 Å². The third kappa shape index (κ3) is 15.3. The maximum Gasteiger partial charge on any atom is 0.243 e. The second kappa shape index (κ2) is 28.9. The fourth-order valence-corrected chi connectivity index (χ4v) is 14.1. The first kappa shape index (κ1) is 64.7. The maximum atomic E-state index is 15.2. The molecule has 16 N–H and O–H groups in total. The summed E-state index contributed by atoms with van der Waals surface area (Å²) in [6.45, 7) is 10.8. The number of rotatable bonds is 11. The number of aromatic hydroxyl groups is 1. The number of guanidine groups is 1. The highest BCUT2D eigenvalue weighted by molar-refractivity contribution is 5.98. The molecule has 2 saturated carbocycles. The molecule has 12 atom stereocenters. The Bertz CT molecular complexity index is 3080. The number of nitrogens with one attached hydrogen (secondary N) is 3. The van der Waals surface area contributed by atoms with Crippen LogP contribution in [-0.2, 0) is 33.6 Å². The summed E-state index contributed by atoms with van der Waals surface area (Å²) in [4.78, 5) is 33.9. The van der Waals surface area contributed by atoms with Crippen LogP contribution >= 0.6 is 0 Å². The number of unbranched alkanes of at least 4 members (excludes halogenated alkanes) is 2. The van der Waals surface area contributed by atoms with Gasteiger partial charge >= 0.3 is 0 Å². The van der Waals surface area contributed by atoms with Gasteiger partial charge in [0, 0.05) is 56.2 Å². The van der Waals surface area contributed by atoms with Crippen molar-refractivity contribution in [3.63, 3.8) is 0 Å². The first-order valence-corrected chi connectivity index (χ1v) is 30.3. The average Bonchev–Trinajstić information content (AvgIpc) is 3.96. The van der Waals surface area contributed by atoms with Gasteiger partial charge in [0.05, 0.1) is 30.5 Å². The van der Waals surface area contributed by atoms with Crippen LogP contribution in [-0.4, -0.2) is 122 Å². The lowest BCUT2D eigenvalue weighted by molar-refractivity contribution is -0.168. The molecule has 2 aliphatic carbocycles. The van der Waals surface area contributed by atoms with Gasteiger partial charge in [-0.15, -0.1) is 0 Å². The molecule has 17 nitrogen and oxygen atoms in total. The monoisotopic (exact) mass is 1170 g/mol. The Hall–Kier alpha value is -6.27. The predicted octanol–water partition coefficient (Wildman–Crippen LogP) is 5.67. The number of ketones is 1.